The lowest BCUT2D eigenvalue weighted by atomic mass is 10.1. The summed E-state index contributed by atoms with van der Waals surface area (Å²) in [6.45, 7) is 7.27. The number of morpholine rings is 1. The molecule has 1 fully saturated rings. The minimum absolute atomic E-state index is 0.181. The largest absolute Gasteiger partial charge is 0.379 e. The van der Waals surface area contributed by atoms with E-state index in [4.69, 9.17) is 4.74 Å². The molecule has 0 bridgehead atoms. The summed E-state index contributed by atoms with van der Waals surface area (Å²) in [6, 6.07) is 8.90. The Morgan fingerprint density at radius 2 is 1.87 bits per heavy atom. The Morgan fingerprint density at radius 1 is 1.16 bits per heavy atom. The minimum atomic E-state index is -3.71. The molecule has 1 amide bonds. The number of sulfonamides is 1. The number of ether oxygens (including phenoxy) is 1. The van der Waals surface area contributed by atoms with Gasteiger partial charge in [0.25, 0.3) is 5.91 Å². The highest BCUT2D eigenvalue weighted by molar-refractivity contribution is 7.89. The molecule has 0 unspecified atom stereocenters. The molecule has 1 aromatic heterocycles. The fourth-order valence-corrected chi connectivity index (χ4v) is 6.37. The lowest BCUT2D eigenvalue weighted by Gasteiger charge is -2.27. The second-order valence-electron chi connectivity index (χ2n) is 7.54. The lowest BCUT2D eigenvalue weighted by molar-refractivity contribution is 0.0730. The highest BCUT2D eigenvalue weighted by Gasteiger charge is 2.29. The van der Waals surface area contributed by atoms with Gasteiger partial charge in [0.2, 0.25) is 10.0 Å². The summed E-state index contributed by atoms with van der Waals surface area (Å²) in [5.74, 6) is -0.379. The van der Waals surface area contributed by atoms with Crippen LogP contribution in [0.15, 0.2) is 35.2 Å². The van der Waals surface area contributed by atoms with Gasteiger partial charge < -0.3 is 4.74 Å². The highest BCUT2D eigenvalue weighted by atomic mass is 32.2. The van der Waals surface area contributed by atoms with Crippen LogP contribution in [0.5, 0.6) is 0 Å². The van der Waals surface area contributed by atoms with E-state index in [1.807, 2.05) is 32.9 Å². The second kappa shape index (κ2) is 8.66. The number of hydrogen-bond donors (Lipinski definition) is 1. The fraction of sp³-hybridized carbons (Fsp3) is 0.364. The molecule has 0 atom stereocenters. The molecule has 0 aliphatic carbocycles. The van der Waals surface area contributed by atoms with Crippen molar-refractivity contribution in [2.45, 2.75) is 32.1 Å². The molecule has 1 N–H and O–H groups in total. The van der Waals surface area contributed by atoms with Crippen LogP contribution in [0, 0.1) is 13.8 Å². The zero-order chi connectivity index (χ0) is 22.2. The SMILES string of the molecule is CCc1ccc(C(=O)Nc2nc3c(C)ccc(C)c3s2)cc1S(=O)(=O)N1CCOCC1. The average molecular weight is 460 g/mol. The van der Waals surface area contributed by atoms with Crippen molar-refractivity contribution in [3.63, 3.8) is 0 Å². The first kappa shape index (κ1) is 21.9. The van der Waals surface area contributed by atoms with Crippen molar-refractivity contribution in [3.05, 3.63) is 52.6 Å². The zero-order valence-electron chi connectivity index (χ0n) is 17.8. The van der Waals surface area contributed by atoms with Gasteiger partial charge in [0, 0.05) is 18.7 Å². The molecular weight excluding hydrogens is 434 g/mol. The third kappa shape index (κ3) is 4.23. The predicted molar refractivity (Wildman–Crippen MR) is 122 cm³/mol. The normalized spacial score (nSPS) is 15.3. The number of fused-ring (bicyclic) bond motifs is 1. The fourth-order valence-electron chi connectivity index (χ4n) is 3.64. The van der Waals surface area contributed by atoms with Crippen molar-refractivity contribution < 1.29 is 17.9 Å². The maximum absolute atomic E-state index is 13.2. The number of carbonyl (C=O) groups is 1. The van der Waals surface area contributed by atoms with Gasteiger partial charge in [0.05, 0.1) is 28.3 Å². The van der Waals surface area contributed by atoms with E-state index in [0.29, 0.717) is 43.4 Å². The number of thiazole rings is 1. The Labute approximate surface area is 186 Å². The molecule has 0 spiro atoms. The summed E-state index contributed by atoms with van der Waals surface area (Å²) in [5, 5.41) is 3.33. The Balaban J connectivity index is 1.65. The Morgan fingerprint density at radius 3 is 2.55 bits per heavy atom. The number of anilines is 1. The van der Waals surface area contributed by atoms with Crippen molar-refractivity contribution in [2.75, 3.05) is 31.6 Å². The first-order valence-electron chi connectivity index (χ1n) is 10.2. The maximum Gasteiger partial charge on any atom is 0.257 e. The highest BCUT2D eigenvalue weighted by Crippen LogP contribution is 2.31. The zero-order valence-corrected chi connectivity index (χ0v) is 19.4. The van der Waals surface area contributed by atoms with E-state index in [2.05, 4.69) is 10.3 Å². The molecule has 0 radical (unpaired) electrons. The third-order valence-electron chi connectivity index (χ3n) is 5.46. The van der Waals surface area contributed by atoms with Crippen LogP contribution >= 0.6 is 11.3 Å². The van der Waals surface area contributed by atoms with E-state index in [1.165, 1.54) is 21.7 Å². The maximum atomic E-state index is 13.2. The number of amides is 1. The van der Waals surface area contributed by atoms with Gasteiger partial charge in [-0.25, -0.2) is 13.4 Å². The first-order valence-corrected chi connectivity index (χ1v) is 12.5. The minimum Gasteiger partial charge on any atom is -0.379 e. The van der Waals surface area contributed by atoms with Crippen molar-refractivity contribution in [3.8, 4) is 0 Å². The van der Waals surface area contributed by atoms with Crippen LogP contribution in [-0.4, -0.2) is 49.9 Å². The van der Waals surface area contributed by atoms with Gasteiger partial charge in [-0.2, -0.15) is 4.31 Å². The molecule has 9 heteroatoms. The summed E-state index contributed by atoms with van der Waals surface area (Å²) < 4.78 is 34.2. The van der Waals surface area contributed by atoms with E-state index in [-0.39, 0.29) is 16.4 Å². The number of hydrogen-bond acceptors (Lipinski definition) is 6. The second-order valence-corrected chi connectivity index (χ2v) is 10.4. The van der Waals surface area contributed by atoms with Crippen LogP contribution in [0.2, 0.25) is 0 Å². The van der Waals surface area contributed by atoms with Crippen LogP contribution in [0.1, 0.15) is 34.0 Å². The van der Waals surface area contributed by atoms with Crippen molar-refractivity contribution in [1.29, 1.82) is 0 Å². The van der Waals surface area contributed by atoms with Crippen molar-refractivity contribution in [2.24, 2.45) is 0 Å². The van der Waals surface area contributed by atoms with Gasteiger partial charge in [-0.3, -0.25) is 10.1 Å². The van der Waals surface area contributed by atoms with Crippen LogP contribution in [0.4, 0.5) is 5.13 Å². The smallest absolute Gasteiger partial charge is 0.257 e. The summed E-state index contributed by atoms with van der Waals surface area (Å²) in [7, 11) is -3.71. The van der Waals surface area contributed by atoms with Gasteiger partial charge in [0.1, 0.15) is 0 Å². The van der Waals surface area contributed by atoms with Crippen LogP contribution in [0.3, 0.4) is 0 Å². The quantitative estimate of drug-likeness (QED) is 0.628. The van der Waals surface area contributed by atoms with Crippen molar-refractivity contribution >= 4 is 42.6 Å². The standard InChI is InChI=1S/C22H25N3O4S2/c1-4-16-7-8-17(13-18(16)31(27,28)25-9-11-29-12-10-25)21(26)24-22-23-19-14(2)5-6-15(3)20(19)30-22/h5-8,13H,4,9-12H2,1-3H3,(H,23,24,26). The van der Waals surface area contributed by atoms with Crippen LogP contribution in [0.25, 0.3) is 10.2 Å². The molecular formula is C22H25N3O4S2. The molecule has 3 aromatic rings. The molecule has 0 saturated carbocycles. The van der Waals surface area contributed by atoms with Crippen molar-refractivity contribution in [1.82, 2.24) is 9.29 Å². The summed E-state index contributed by atoms with van der Waals surface area (Å²) in [6.07, 6.45) is 0.553. The van der Waals surface area contributed by atoms with E-state index in [0.717, 1.165) is 21.3 Å². The molecule has 1 saturated heterocycles. The monoisotopic (exact) mass is 459 g/mol. The van der Waals surface area contributed by atoms with E-state index in [9.17, 15) is 13.2 Å². The average Bonchev–Trinajstić information content (AvgIpc) is 3.21. The van der Waals surface area contributed by atoms with Gasteiger partial charge in [0.15, 0.2) is 5.13 Å². The number of carbonyl (C=O) groups excluding carboxylic acids is 1. The molecule has 1 aliphatic heterocycles. The third-order valence-corrected chi connectivity index (χ3v) is 8.55. The number of benzene rings is 2. The molecule has 2 aromatic carbocycles. The van der Waals surface area contributed by atoms with Crippen LogP contribution in [-0.2, 0) is 21.2 Å². The van der Waals surface area contributed by atoms with Gasteiger partial charge in [-0.05, 0) is 49.1 Å². The van der Waals surface area contributed by atoms with Gasteiger partial charge in [-0.15, -0.1) is 0 Å². The number of rotatable bonds is 5. The molecule has 4 rings (SSSR count). The summed E-state index contributed by atoms with van der Waals surface area (Å²) >= 11 is 1.42. The topological polar surface area (TPSA) is 88.6 Å². The van der Waals surface area contributed by atoms with E-state index in [1.54, 1.807) is 12.1 Å². The first-order chi connectivity index (χ1) is 14.8. The Hall–Kier alpha value is -2.33. The summed E-state index contributed by atoms with van der Waals surface area (Å²) in [4.78, 5) is 17.7. The molecule has 7 nitrogen and oxygen atoms in total. The number of nitrogens with one attached hydrogen (secondary N) is 1. The molecule has 31 heavy (non-hydrogen) atoms. The Kier molecular flexibility index (Phi) is 6.11. The molecule has 2 heterocycles. The molecule has 164 valence electrons. The Bertz CT molecular complexity index is 1210. The molecule has 1 aliphatic rings. The van der Waals surface area contributed by atoms with E-state index < -0.39 is 10.0 Å². The number of nitrogens with zero attached hydrogens (tertiary/aromatic N) is 2. The number of aromatic nitrogens is 1. The number of aryl methyl sites for hydroxylation is 3. The summed E-state index contributed by atoms with van der Waals surface area (Å²) in [5.41, 5.74) is 4.00. The van der Waals surface area contributed by atoms with E-state index >= 15 is 0 Å². The van der Waals surface area contributed by atoms with Gasteiger partial charge >= 0.3 is 0 Å². The van der Waals surface area contributed by atoms with Gasteiger partial charge in [-0.1, -0.05) is 36.5 Å². The predicted octanol–water partition coefficient (Wildman–Crippen LogP) is 3.75. The lowest BCUT2D eigenvalue weighted by Crippen LogP contribution is -2.41. The van der Waals surface area contributed by atoms with Crippen LogP contribution < -0.4 is 5.32 Å².